The lowest BCUT2D eigenvalue weighted by Crippen LogP contribution is -2.30. The molecular weight excluding hydrogens is 370 g/mol. The van der Waals surface area contributed by atoms with Gasteiger partial charge in [-0.1, -0.05) is 24.3 Å². The highest BCUT2D eigenvalue weighted by molar-refractivity contribution is 5.91. The second-order valence-electron chi connectivity index (χ2n) is 6.32. The molecule has 4 aromatic rings. The molecule has 29 heavy (non-hydrogen) atoms. The number of hydrogen-bond donors (Lipinski definition) is 1. The highest BCUT2D eigenvalue weighted by Crippen LogP contribution is 2.08. The van der Waals surface area contributed by atoms with E-state index in [0.717, 1.165) is 11.3 Å². The number of rotatable bonds is 7. The highest BCUT2D eigenvalue weighted by Gasteiger charge is 2.11. The molecule has 3 heterocycles. The molecule has 0 aliphatic heterocycles. The van der Waals surface area contributed by atoms with E-state index >= 15 is 0 Å². The molecule has 0 spiro atoms. The predicted molar refractivity (Wildman–Crippen MR) is 107 cm³/mol. The van der Waals surface area contributed by atoms with Gasteiger partial charge >= 0.3 is 0 Å². The van der Waals surface area contributed by atoms with Gasteiger partial charge in [0.25, 0.3) is 11.5 Å². The predicted octanol–water partition coefficient (Wildman–Crippen LogP) is 1.90. The molecule has 8 heteroatoms. The average Bonchev–Trinajstić information content (AvgIpc) is 3.17. The zero-order valence-corrected chi connectivity index (χ0v) is 15.6. The Labute approximate surface area is 166 Å². The number of imidazole rings is 1. The van der Waals surface area contributed by atoms with Crippen LogP contribution in [-0.4, -0.2) is 31.7 Å². The van der Waals surface area contributed by atoms with Gasteiger partial charge < -0.3 is 14.5 Å². The summed E-state index contributed by atoms with van der Waals surface area (Å²) in [5.41, 5.74) is 1.41. The van der Waals surface area contributed by atoms with E-state index in [2.05, 4.69) is 15.4 Å². The molecular formula is C21H19N5O3. The van der Waals surface area contributed by atoms with Crippen LogP contribution in [0.25, 0.3) is 5.65 Å². The van der Waals surface area contributed by atoms with Gasteiger partial charge in [-0.3, -0.25) is 9.59 Å². The van der Waals surface area contributed by atoms with Crippen molar-refractivity contribution in [3.8, 4) is 5.75 Å². The largest absolute Gasteiger partial charge is 0.492 e. The summed E-state index contributed by atoms with van der Waals surface area (Å²) in [5.74, 6) is 0.335. The van der Waals surface area contributed by atoms with E-state index in [9.17, 15) is 9.59 Å². The summed E-state index contributed by atoms with van der Waals surface area (Å²) in [6, 6.07) is 17.7. The van der Waals surface area contributed by atoms with E-state index in [1.165, 1.54) is 16.8 Å². The number of aromatic nitrogens is 4. The molecule has 0 aliphatic rings. The van der Waals surface area contributed by atoms with E-state index in [-0.39, 0.29) is 36.9 Å². The minimum absolute atomic E-state index is 0.160. The van der Waals surface area contributed by atoms with Crippen molar-refractivity contribution < 1.29 is 9.53 Å². The van der Waals surface area contributed by atoms with Gasteiger partial charge in [0.2, 0.25) is 0 Å². The molecule has 1 N–H and O–H groups in total. The average molecular weight is 389 g/mol. The zero-order chi connectivity index (χ0) is 20.1. The van der Waals surface area contributed by atoms with Gasteiger partial charge in [0.05, 0.1) is 18.8 Å². The molecule has 0 unspecified atom stereocenters. The molecule has 146 valence electrons. The first-order valence-electron chi connectivity index (χ1n) is 9.16. The van der Waals surface area contributed by atoms with Crippen LogP contribution in [0.4, 0.5) is 0 Å². The smallest absolute Gasteiger partial charge is 0.272 e. The minimum atomic E-state index is -0.375. The Morgan fingerprint density at radius 2 is 1.86 bits per heavy atom. The summed E-state index contributed by atoms with van der Waals surface area (Å²) in [4.78, 5) is 28.9. The number of pyridine rings is 1. The van der Waals surface area contributed by atoms with E-state index in [0.29, 0.717) is 5.75 Å². The van der Waals surface area contributed by atoms with Crippen molar-refractivity contribution in [2.45, 2.75) is 13.1 Å². The highest BCUT2D eigenvalue weighted by atomic mass is 16.5. The van der Waals surface area contributed by atoms with Crippen molar-refractivity contribution in [1.29, 1.82) is 0 Å². The normalized spacial score (nSPS) is 10.8. The van der Waals surface area contributed by atoms with E-state index in [1.54, 1.807) is 0 Å². The summed E-state index contributed by atoms with van der Waals surface area (Å²) >= 11 is 0. The summed E-state index contributed by atoms with van der Waals surface area (Å²) in [7, 11) is 0. The number of para-hydroxylation sites is 1. The summed E-state index contributed by atoms with van der Waals surface area (Å²) in [6.45, 7) is 0.767. The number of benzene rings is 1. The number of carbonyl (C=O) groups excluding carboxylic acids is 1. The summed E-state index contributed by atoms with van der Waals surface area (Å²) < 4.78 is 8.70. The molecule has 4 rings (SSSR count). The molecule has 0 fully saturated rings. The van der Waals surface area contributed by atoms with Crippen LogP contribution in [-0.2, 0) is 13.1 Å². The van der Waals surface area contributed by atoms with E-state index in [1.807, 2.05) is 65.3 Å². The van der Waals surface area contributed by atoms with Crippen molar-refractivity contribution in [3.05, 3.63) is 94.8 Å². The maximum atomic E-state index is 12.4. The van der Waals surface area contributed by atoms with Gasteiger partial charge in [-0.15, -0.1) is 0 Å². The number of carbonyl (C=O) groups is 1. The van der Waals surface area contributed by atoms with Crippen molar-refractivity contribution in [3.63, 3.8) is 0 Å². The van der Waals surface area contributed by atoms with Crippen LogP contribution >= 0.6 is 0 Å². The minimum Gasteiger partial charge on any atom is -0.492 e. The van der Waals surface area contributed by atoms with E-state index in [4.69, 9.17) is 4.74 Å². The standard InChI is InChI=1S/C21H19N5O3/c27-20-10-9-18(24-26(20)12-13-29-17-6-2-1-3-7-17)21(28)22-14-16-15-25-11-5-4-8-19(25)23-16/h1-11,15H,12-14H2,(H,22,28). The lowest BCUT2D eigenvalue weighted by molar-refractivity contribution is 0.0942. The van der Waals surface area contributed by atoms with Crippen LogP contribution in [0.2, 0.25) is 0 Å². The van der Waals surface area contributed by atoms with Crippen LogP contribution in [0, 0.1) is 0 Å². The third-order valence-corrected chi connectivity index (χ3v) is 4.26. The third kappa shape index (κ3) is 4.49. The van der Waals surface area contributed by atoms with Crippen molar-refractivity contribution in [2.24, 2.45) is 0 Å². The zero-order valence-electron chi connectivity index (χ0n) is 15.6. The molecule has 8 nitrogen and oxygen atoms in total. The Kier molecular flexibility index (Phi) is 5.33. The molecule has 0 saturated carbocycles. The van der Waals surface area contributed by atoms with Gasteiger partial charge in [0.1, 0.15) is 23.7 Å². The molecule has 0 saturated heterocycles. The molecule has 1 aromatic carbocycles. The monoisotopic (exact) mass is 389 g/mol. The molecule has 3 aromatic heterocycles. The van der Waals surface area contributed by atoms with Gasteiger partial charge in [0, 0.05) is 18.5 Å². The Bertz CT molecular complexity index is 1150. The fraction of sp³-hybridized carbons (Fsp3) is 0.143. The van der Waals surface area contributed by atoms with Crippen LogP contribution in [0.1, 0.15) is 16.2 Å². The molecule has 0 radical (unpaired) electrons. The molecule has 0 bridgehead atoms. The SMILES string of the molecule is O=C(NCc1cn2ccccc2n1)c1ccc(=O)n(CCOc2ccccc2)n1. The maximum Gasteiger partial charge on any atom is 0.272 e. The van der Waals surface area contributed by atoms with Gasteiger partial charge in [-0.25, -0.2) is 9.67 Å². The van der Waals surface area contributed by atoms with Crippen LogP contribution in [0.3, 0.4) is 0 Å². The second kappa shape index (κ2) is 8.39. The van der Waals surface area contributed by atoms with Crippen molar-refractivity contribution in [2.75, 3.05) is 6.61 Å². The Morgan fingerprint density at radius 1 is 1.03 bits per heavy atom. The lowest BCUT2D eigenvalue weighted by atomic mass is 10.3. The van der Waals surface area contributed by atoms with Gasteiger partial charge in [-0.05, 0) is 30.3 Å². The number of nitrogens with one attached hydrogen (secondary N) is 1. The first-order chi connectivity index (χ1) is 14.2. The van der Waals surface area contributed by atoms with Gasteiger partial charge in [-0.2, -0.15) is 5.10 Å². The Morgan fingerprint density at radius 3 is 2.69 bits per heavy atom. The van der Waals surface area contributed by atoms with E-state index < -0.39 is 0 Å². The van der Waals surface area contributed by atoms with Crippen LogP contribution in [0.5, 0.6) is 5.75 Å². The fourth-order valence-electron chi connectivity index (χ4n) is 2.83. The second-order valence-corrected chi connectivity index (χ2v) is 6.32. The number of ether oxygens (including phenoxy) is 1. The number of amides is 1. The topological polar surface area (TPSA) is 90.5 Å². The third-order valence-electron chi connectivity index (χ3n) is 4.26. The number of hydrogen-bond acceptors (Lipinski definition) is 5. The van der Waals surface area contributed by atoms with Crippen molar-refractivity contribution >= 4 is 11.6 Å². The first kappa shape index (κ1) is 18.4. The summed E-state index contributed by atoms with van der Waals surface area (Å²) in [6.07, 6.45) is 3.74. The maximum absolute atomic E-state index is 12.4. The molecule has 0 atom stereocenters. The first-order valence-corrected chi connectivity index (χ1v) is 9.16. The Hall–Kier alpha value is -3.94. The van der Waals surface area contributed by atoms with Crippen molar-refractivity contribution in [1.82, 2.24) is 24.5 Å². The van der Waals surface area contributed by atoms with Crippen LogP contribution in [0.15, 0.2) is 77.9 Å². The number of fused-ring (bicyclic) bond motifs is 1. The Balaban J connectivity index is 1.38. The fourth-order valence-corrected chi connectivity index (χ4v) is 2.83. The number of nitrogens with zero attached hydrogens (tertiary/aromatic N) is 4. The summed E-state index contributed by atoms with van der Waals surface area (Å²) in [5, 5.41) is 6.93. The quantitative estimate of drug-likeness (QED) is 0.521. The molecule has 0 aliphatic carbocycles. The van der Waals surface area contributed by atoms with Crippen LogP contribution < -0.4 is 15.6 Å². The molecule has 1 amide bonds. The lowest BCUT2D eigenvalue weighted by Gasteiger charge is -2.09. The van der Waals surface area contributed by atoms with Gasteiger partial charge in [0.15, 0.2) is 0 Å².